The van der Waals surface area contributed by atoms with E-state index in [2.05, 4.69) is 59.4 Å². The molecule has 39 heavy (non-hydrogen) atoms. The summed E-state index contributed by atoms with van der Waals surface area (Å²) in [7, 11) is 2.13. The minimum absolute atomic E-state index is 0.000846. The average Bonchev–Trinajstić information content (AvgIpc) is 3.00. The highest BCUT2D eigenvalue weighted by atomic mass is 16.7. The molecule has 2 heterocycles. The van der Waals surface area contributed by atoms with Crippen molar-refractivity contribution in [1.82, 2.24) is 9.88 Å². The van der Waals surface area contributed by atoms with Crippen molar-refractivity contribution in [2.75, 3.05) is 20.1 Å². The Hall–Kier alpha value is -3.39. The second-order valence-corrected chi connectivity index (χ2v) is 10.2. The first-order chi connectivity index (χ1) is 19.1. The van der Waals surface area contributed by atoms with Crippen LogP contribution in [0.5, 0.6) is 0 Å². The van der Waals surface area contributed by atoms with Gasteiger partial charge in [0.05, 0.1) is 18.8 Å². The van der Waals surface area contributed by atoms with E-state index in [0.717, 1.165) is 65.0 Å². The van der Waals surface area contributed by atoms with Crippen LogP contribution in [0.2, 0.25) is 0 Å². The number of nitrogens with zero attached hydrogens (tertiary/aromatic N) is 2. The number of aliphatic hydroxyl groups is 1. The highest BCUT2D eigenvalue weighted by molar-refractivity contribution is 5.64. The minimum Gasteiger partial charge on any atom is -0.392 e. The minimum atomic E-state index is -0.472. The highest BCUT2D eigenvalue weighted by Crippen LogP contribution is 2.38. The molecule has 6 heteroatoms. The molecule has 0 saturated carbocycles. The van der Waals surface area contributed by atoms with Crippen molar-refractivity contribution >= 4 is 0 Å². The predicted octanol–water partition coefficient (Wildman–Crippen LogP) is 5.42. The third-order valence-electron chi connectivity index (χ3n) is 7.28. The fourth-order valence-electron chi connectivity index (χ4n) is 5.03. The largest absolute Gasteiger partial charge is 0.392 e. The molecule has 0 bridgehead atoms. The van der Waals surface area contributed by atoms with Crippen LogP contribution in [0.1, 0.15) is 46.8 Å². The summed E-state index contributed by atoms with van der Waals surface area (Å²) in [5.74, 6) is 0. The third-order valence-corrected chi connectivity index (χ3v) is 7.28. The van der Waals surface area contributed by atoms with Crippen LogP contribution >= 0.6 is 0 Å². The normalized spacial score (nSPS) is 19.3. The molecule has 0 amide bonds. The summed E-state index contributed by atoms with van der Waals surface area (Å²) in [5.41, 5.74) is 13.3. The van der Waals surface area contributed by atoms with Crippen molar-refractivity contribution in [3.8, 4) is 11.1 Å². The fraction of sp³-hybridized carbons (Fsp3) is 0.303. The Morgan fingerprint density at radius 2 is 1.67 bits per heavy atom. The molecule has 0 radical (unpaired) electrons. The van der Waals surface area contributed by atoms with Gasteiger partial charge < -0.3 is 25.2 Å². The van der Waals surface area contributed by atoms with E-state index in [9.17, 15) is 5.11 Å². The van der Waals surface area contributed by atoms with Gasteiger partial charge in [-0.1, -0.05) is 72.8 Å². The molecule has 0 unspecified atom stereocenters. The number of hydrogen-bond acceptors (Lipinski definition) is 6. The number of hydrogen-bond donors (Lipinski definition) is 2. The van der Waals surface area contributed by atoms with E-state index in [1.165, 1.54) is 0 Å². The van der Waals surface area contributed by atoms with Crippen molar-refractivity contribution in [2.24, 2.45) is 5.73 Å². The van der Waals surface area contributed by atoms with Crippen molar-refractivity contribution in [3.05, 3.63) is 125 Å². The number of rotatable bonds is 10. The number of nitrogens with two attached hydrogens (primary N) is 1. The standard InChI is InChI=1S/C33H37N3O3/c1-36(18-16-30-7-2-3-17-35-30)22-31-20-32(27-10-8-24(23-37)9-11-27)39-33(38-31)28-14-12-26(13-15-28)29-6-4-5-25(19-29)21-34/h2-15,17,19,31-33,37H,16,18,20-23,34H2,1H3/t31-,32+,33+/m0/s1. The maximum absolute atomic E-state index is 9.47. The number of pyridine rings is 1. The number of aliphatic hydroxyl groups excluding tert-OH is 1. The molecule has 6 nitrogen and oxygen atoms in total. The van der Waals surface area contributed by atoms with E-state index in [0.29, 0.717) is 6.54 Å². The first-order valence-electron chi connectivity index (χ1n) is 13.6. The first-order valence-corrected chi connectivity index (χ1v) is 13.6. The second-order valence-electron chi connectivity index (χ2n) is 10.2. The Morgan fingerprint density at radius 3 is 2.38 bits per heavy atom. The summed E-state index contributed by atoms with van der Waals surface area (Å²) in [5, 5.41) is 9.47. The molecule has 1 saturated heterocycles. The molecular formula is C33H37N3O3. The van der Waals surface area contributed by atoms with Gasteiger partial charge in [0.15, 0.2) is 6.29 Å². The lowest BCUT2D eigenvalue weighted by Crippen LogP contribution is -2.38. The Kier molecular flexibility index (Phi) is 9.14. The molecule has 1 aliphatic rings. The molecule has 3 N–H and O–H groups in total. The zero-order valence-electron chi connectivity index (χ0n) is 22.4. The molecule has 5 rings (SSSR count). The van der Waals surface area contributed by atoms with Gasteiger partial charge in [-0.3, -0.25) is 4.98 Å². The third kappa shape index (κ3) is 7.18. The topological polar surface area (TPSA) is 80.8 Å². The quantitative estimate of drug-likeness (QED) is 0.289. The number of ether oxygens (including phenoxy) is 2. The molecule has 4 aromatic rings. The van der Waals surface area contributed by atoms with Crippen LogP contribution < -0.4 is 5.73 Å². The lowest BCUT2D eigenvalue weighted by molar-refractivity contribution is -0.252. The van der Waals surface area contributed by atoms with Crippen LogP contribution in [0.3, 0.4) is 0 Å². The molecule has 3 aromatic carbocycles. The van der Waals surface area contributed by atoms with Gasteiger partial charge in [0, 0.05) is 49.9 Å². The first kappa shape index (κ1) is 27.2. The maximum atomic E-state index is 9.47. The summed E-state index contributed by atoms with van der Waals surface area (Å²) in [6.45, 7) is 2.24. The van der Waals surface area contributed by atoms with Gasteiger partial charge in [0.1, 0.15) is 0 Å². The summed E-state index contributed by atoms with van der Waals surface area (Å²) in [6, 6.07) is 30.8. The predicted molar refractivity (Wildman–Crippen MR) is 154 cm³/mol. The van der Waals surface area contributed by atoms with Crippen LogP contribution in [0, 0.1) is 0 Å². The maximum Gasteiger partial charge on any atom is 0.184 e. The van der Waals surface area contributed by atoms with Crippen molar-refractivity contribution < 1.29 is 14.6 Å². The van der Waals surface area contributed by atoms with Crippen LogP contribution in [-0.2, 0) is 29.0 Å². The Morgan fingerprint density at radius 1 is 0.872 bits per heavy atom. The van der Waals surface area contributed by atoms with Crippen molar-refractivity contribution in [2.45, 2.75) is 44.5 Å². The fourth-order valence-corrected chi connectivity index (χ4v) is 5.03. The van der Waals surface area contributed by atoms with E-state index in [4.69, 9.17) is 15.2 Å². The van der Waals surface area contributed by atoms with Crippen molar-refractivity contribution in [1.29, 1.82) is 0 Å². The van der Waals surface area contributed by atoms with E-state index in [1.54, 1.807) is 0 Å². The summed E-state index contributed by atoms with van der Waals surface area (Å²) < 4.78 is 13.1. The summed E-state index contributed by atoms with van der Waals surface area (Å²) in [6.07, 6.45) is 2.91. The van der Waals surface area contributed by atoms with Gasteiger partial charge in [0.25, 0.3) is 0 Å². The van der Waals surface area contributed by atoms with E-state index in [-0.39, 0.29) is 18.8 Å². The second kappa shape index (κ2) is 13.1. The Labute approximate surface area is 231 Å². The molecule has 3 atom stereocenters. The van der Waals surface area contributed by atoms with Gasteiger partial charge in [-0.25, -0.2) is 0 Å². The lowest BCUT2D eigenvalue weighted by Gasteiger charge is -2.38. The summed E-state index contributed by atoms with van der Waals surface area (Å²) in [4.78, 5) is 6.76. The van der Waals surface area contributed by atoms with Gasteiger partial charge in [0.2, 0.25) is 0 Å². The SMILES string of the molecule is CN(CCc1ccccn1)C[C@@H]1C[C@H](c2ccc(CO)cc2)O[C@H](c2ccc(-c3cccc(CN)c3)cc2)O1. The van der Waals surface area contributed by atoms with E-state index < -0.39 is 6.29 Å². The van der Waals surface area contributed by atoms with Crippen molar-refractivity contribution in [3.63, 3.8) is 0 Å². The molecule has 0 aliphatic carbocycles. The van der Waals surface area contributed by atoms with E-state index in [1.807, 2.05) is 54.7 Å². The molecule has 202 valence electrons. The number of likely N-dealkylation sites (N-methyl/N-ethyl adjacent to an activating group) is 1. The monoisotopic (exact) mass is 523 g/mol. The molecule has 0 spiro atoms. The number of aromatic nitrogens is 1. The van der Waals surface area contributed by atoms with Gasteiger partial charge in [-0.2, -0.15) is 0 Å². The molecular weight excluding hydrogens is 486 g/mol. The highest BCUT2D eigenvalue weighted by Gasteiger charge is 2.32. The Balaban J connectivity index is 1.32. The van der Waals surface area contributed by atoms with Gasteiger partial charge in [-0.15, -0.1) is 0 Å². The molecule has 1 fully saturated rings. The van der Waals surface area contributed by atoms with Gasteiger partial charge in [-0.05, 0) is 53.1 Å². The summed E-state index contributed by atoms with van der Waals surface area (Å²) >= 11 is 0. The molecule has 1 aromatic heterocycles. The van der Waals surface area contributed by atoms with Crippen LogP contribution in [0.4, 0.5) is 0 Å². The van der Waals surface area contributed by atoms with Crippen LogP contribution in [0.15, 0.2) is 97.2 Å². The Bertz CT molecular complexity index is 1310. The zero-order valence-corrected chi connectivity index (χ0v) is 22.4. The van der Waals surface area contributed by atoms with E-state index >= 15 is 0 Å². The molecule has 1 aliphatic heterocycles. The van der Waals surface area contributed by atoms with Crippen LogP contribution in [-0.4, -0.2) is 41.2 Å². The van der Waals surface area contributed by atoms with Crippen LogP contribution in [0.25, 0.3) is 11.1 Å². The smallest absolute Gasteiger partial charge is 0.184 e. The lowest BCUT2D eigenvalue weighted by atomic mass is 9.99. The number of benzene rings is 3. The zero-order chi connectivity index (χ0) is 27.0. The average molecular weight is 524 g/mol. The van der Waals surface area contributed by atoms with Gasteiger partial charge >= 0.3 is 0 Å².